The Bertz CT molecular complexity index is 376. The van der Waals surface area contributed by atoms with E-state index in [1.807, 2.05) is 18.2 Å². The molecule has 0 bridgehead atoms. The fraction of sp³-hybridized carbons (Fsp3) is 0.625. The lowest BCUT2D eigenvalue weighted by atomic mass is 9.94. The average molecular weight is 302 g/mol. The van der Waals surface area contributed by atoms with E-state index in [0.29, 0.717) is 5.92 Å². The highest BCUT2D eigenvalue weighted by molar-refractivity contribution is 6.35. The fourth-order valence-electron chi connectivity index (χ4n) is 2.15. The molecule has 0 spiro atoms. The lowest BCUT2D eigenvalue weighted by Gasteiger charge is -2.25. The minimum Gasteiger partial charge on any atom is -0.312 e. The fourth-order valence-corrected chi connectivity index (χ4v) is 2.70. The zero-order valence-electron chi connectivity index (χ0n) is 12.4. The number of nitrogens with one attached hydrogen (secondary N) is 1. The van der Waals surface area contributed by atoms with Crippen molar-refractivity contribution in [2.24, 2.45) is 5.92 Å². The summed E-state index contributed by atoms with van der Waals surface area (Å²) in [5, 5.41) is 5.14. The summed E-state index contributed by atoms with van der Waals surface area (Å²) in [6.45, 7) is 9.80. The van der Waals surface area contributed by atoms with Crippen LogP contribution in [0.2, 0.25) is 10.0 Å². The first-order valence-corrected chi connectivity index (χ1v) is 7.77. The quantitative estimate of drug-likeness (QED) is 0.748. The van der Waals surface area contributed by atoms with Gasteiger partial charge in [-0.1, -0.05) is 42.6 Å². The SMILES string of the molecule is CCCC(CNC(C)(C)C)Cc1c(Cl)cccc1Cl. The van der Waals surface area contributed by atoms with Gasteiger partial charge >= 0.3 is 0 Å². The molecule has 19 heavy (non-hydrogen) atoms. The minimum atomic E-state index is 0.149. The van der Waals surface area contributed by atoms with Crippen LogP contribution in [0.15, 0.2) is 18.2 Å². The minimum absolute atomic E-state index is 0.149. The molecule has 0 amide bonds. The zero-order valence-corrected chi connectivity index (χ0v) is 13.9. The van der Waals surface area contributed by atoms with Gasteiger partial charge in [0, 0.05) is 15.6 Å². The van der Waals surface area contributed by atoms with Crippen LogP contribution >= 0.6 is 23.2 Å². The second-order valence-electron chi connectivity index (χ2n) is 6.19. The van der Waals surface area contributed by atoms with E-state index >= 15 is 0 Å². The second-order valence-corrected chi connectivity index (χ2v) is 7.00. The summed E-state index contributed by atoms with van der Waals surface area (Å²) in [4.78, 5) is 0. The summed E-state index contributed by atoms with van der Waals surface area (Å²) in [6, 6.07) is 5.74. The Morgan fingerprint density at radius 1 is 1.16 bits per heavy atom. The van der Waals surface area contributed by atoms with Gasteiger partial charge < -0.3 is 5.32 Å². The van der Waals surface area contributed by atoms with Crippen LogP contribution in [0.1, 0.15) is 46.1 Å². The van der Waals surface area contributed by atoms with Gasteiger partial charge in [-0.25, -0.2) is 0 Å². The highest BCUT2D eigenvalue weighted by Gasteiger charge is 2.16. The van der Waals surface area contributed by atoms with Gasteiger partial charge in [-0.05, 0) is 63.8 Å². The van der Waals surface area contributed by atoms with E-state index in [9.17, 15) is 0 Å². The molecule has 1 atom stereocenters. The zero-order chi connectivity index (χ0) is 14.5. The van der Waals surface area contributed by atoms with Crippen molar-refractivity contribution >= 4 is 23.2 Å². The Kier molecular flexibility index (Phi) is 6.65. The molecular weight excluding hydrogens is 277 g/mol. The molecule has 1 nitrogen and oxygen atoms in total. The van der Waals surface area contributed by atoms with E-state index in [4.69, 9.17) is 23.2 Å². The van der Waals surface area contributed by atoms with E-state index in [1.165, 1.54) is 12.8 Å². The Labute approximate surface area is 127 Å². The van der Waals surface area contributed by atoms with Gasteiger partial charge in [-0.15, -0.1) is 0 Å². The first-order valence-electron chi connectivity index (χ1n) is 7.01. The van der Waals surface area contributed by atoms with Gasteiger partial charge in [-0.3, -0.25) is 0 Å². The third-order valence-electron chi connectivity index (χ3n) is 3.17. The first kappa shape index (κ1) is 16.8. The molecular formula is C16H25Cl2N. The molecule has 0 aromatic heterocycles. The molecule has 3 heteroatoms. The summed E-state index contributed by atoms with van der Waals surface area (Å²) >= 11 is 12.5. The summed E-state index contributed by atoms with van der Waals surface area (Å²) < 4.78 is 0. The summed E-state index contributed by atoms with van der Waals surface area (Å²) in [6.07, 6.45) is 3.30. The Balaban J connectivity index is 2.72. The number of benzene rings is 1. The number of halogens is 2. The number of rotatable bonds is 6. The van der Waals surface area contributed by atoms with E-state index in [2.05, 4.69) is 33.0 Å². The van der Waals surface area contributed by atoms with Crippen LogP contribution in [0.25, 0.3) is 0 Å². The molecule has 1 aromatic carbocycles. The maximum absolute atomic E-state index is 6.26. The number of hydrogen-bond acceptors (Lipinski definition) is 1. The standard InChI is InChI=1S/C16H25Cl2N/c1-5-7-12(11-19-16(2,3)4)10-13-14(17)8-6-9-15(13)18/h6,8-9,12,19H,5,7,10-11H2,1-4H3. The third kappa shape index (κ3) is 6.16. The van der Waals surface area contributed by atoms with E-state index in [1.54, 1.807) is 0 Å². The van der Waals surface area contributed by atoms with Crippen LogP contribution in [0.3, 0.4) is 0 Å². The lowest BCUT2D eigenvalue weighted by Crippen LogP contribution is -2.39. The first-order chi connectivity index (χ1) is 8.83. The predicted molar refractivity (Wildman–Crippen MR) is 86.3 cm³/mol. The van der Waals surface area contributed by atoms with Crippen molar-refractivity contribution in [1.29, 1.82) is 0 Å². The van der Waals surface area contributed by atoms with Crippen LogP contribution in [-0.2, 0) is 6.42 Å². The van der Waals surface area contributed by atoms with Crippen molar-refractivity contribution in [2.45, 2.75) is 52.5 Å². The maximum Gasteiger partial charge on any atom is 0.0452 e. The topological polar surface area (TPSA) is 12.0 Å². The molecule has 1 unspecified atom stereocenters. The molecule has 108 valence electrons. The van der Waals surface area contributed by atoms with E-state index < -0.39 is 0 Å². The van der Waals surface area contributed by atoms with Crippen molar-refractivity contribution < 1.29 is 0 Å². The van der Waals surface area contributed by atoms with Gasteiger partial charge in [0.15, 0.2) is 0 Å². The molecule has 1 N–H and O–H groups in total. The molecule has 0 saturated carbocycles. The van der Waals surface area contributed by atoms with Crippen LogP contribution in [0.5, 0.6) is 0 Å². The maximum atomic E-state index is 6.26. The second kappa shape index (κ2) is 7.52. The van der Waals surface area contributed by atoms with Gasteiger partial charge in [0.25, 0.3) is 0 Å². The van der Waals surface area contributed by atoms with Crippen LogP contribution in [0.4, 0.5) is 0 Å². The highest BCUT2D eigenvalue weighted by atomic mass is 35.5. The van der Waals surface area contributed by atoms with Crippen molar-refractivity contribution in [3.05, 3.63) is 33.8 Å². The molecule has 0 aliphatic carbocycles. The molecule has 0 heterocycles. The Morgan fingerprint density at radius 3 is 2.21 bits per heavy atom. The molecule has 0 aliphatic heterocycles. The third-order valence-corrected chi connectivity index (χ3v) is 3.88. The summed E-state index contributed by atoms with van der Waals surface area (Å²) in [5.41, 5.74) is 1.23. The Morgan fingerprint density at radius 2 is 1.74 bits per heavy atom. The number of hydrogen-bond donors (Lipinski definition) is 1. The van der Waals surface area contributed by atoms with Crippen LogP contribution in [-0.4, -0.2) is 12.1 Å². The van der Waals surface area contributed by atoms with Crippen molar-refractivity contribution in [3.8, 4) is 0 Å². The van der Waals surface area contributed by atoms with Crippen molar-refractivity contribution in [3.63, 3.8) is 0 Å². The van der Waals surface area contributed by atoms with Gasteiger partial charge in [0.05, 0.1) is 0 Å². The normalized spacial score (nSPS) is 13.6. The van der Waals surface area contributed by atoms with Gasteiger partial charge in [0.1, 0.15) is 0 Å². The van der Waals surface area contributed by atoms with Crippen LogP contribution < -0.4 is 5.32 Å². The molecule has 1 aromatic rings. The lowest BCUT2D eigenvalue weighted by molar-refractivity contribution is 0.355. The smallest absolute Gasteiger partial charge is 0.0452 e. The van der Waals surface area contributed by atoms with Crippen molar-refractivity contribution in [1.82, 2.24) is 5.32 Å². The van der Waals surface area contributed by atoms with Crippen molar-refractivity contribution in [2.75, 3.05) is 6.54 Å². The van der Waals surface area contributed by atoms with E-state index in [-0.39, 0.29) is 5.54 Å². The molecule has 0 radical (unpaired) electrons. The molecule has 0 saturated heterocycles. The molecule has 1 rings (SSSR count). The van der Waals surface area contributed by atoms with E-state index in [0.717, 1.165) is 28.6 Å². The predicted octanol–water partition coefficient (Wildman–Crippen LogP) is 5.34. The highest BCUT2D eigenvalue weighted by Crippen LogP contribution is 2.28. The molecule has 0 aliphatic rings. The monoisotopic (exact) mass is 301 g/mol. The summed E-state index contributed by atoms with van der Waals surface area (Å²) in [7, 11) is 0. The largest absolute Gasteiger partial charge is 0.312 e. The van der Waals surface area contributed by atoms with Gasteiger partial charge in [0.2, 0.25) is 0 Å². The average Bonchev–Trinajstić information content (AvgIpc) is 2.30. The van der Waals surface area contributed by atoms with Crippen LogP contribution in [0, 0.1) is 5.92 Å². The van der Waals surface area contributed by atoms with Gasteiger partial charge in [-0.2, -0.15) is 0 Å². The molecule has 0 fully saturated rings. The Hall–Kier alpha value is -0.240. The summed E-state index contributed by atoms with van der Waals surface area (Å²) in [5.74, 6) is 0.571.